The number of anilines is 1. The van der Waals surface area contributed by atoms with Gasteiger partial charge in [0, 0.05) is 26.2 Å². The molecule has 1 aromatic rings. The molecule has 5 heteroatoms. The van der Waals surface area contributed by atoms with E-state index < -0.39 is 0 Å². The molecule has 0 bridgehead atoms. The van der Waals surface area contributed by atoms with E-state index in [9.17, 15) is 0 Å². The van der Waals surface area contributed by atoms with Crippen molar-refractivity contribution in [1.29, 1.82) is 0 Å². The van der Waals surface area contributed by atoms with Gasteiger partial charge in [0.05, 0.1) is 5.69 Å². The number of nitrogens with zero attached hydrogens (tertiary/aromatic N) is 4. The molecule has 1 saturated heterocycles. The summed E-state index contributed by atoms with van der Waals surface area (Å²) in [6.45, 7) is 7.25. The van der Waals surface area contributed by atoms with Gasteiger partial charge in [-0.1, -0.05) is 6.92 Å². The van der Waals surface area contributed by atoms with Gasteiger partial charge in [0.25, 0.3) is 0 Å². The highest BCUT2D eigenvalue weighted by atomic mass is 15.3. The highest BCUT2D eigenvalue weighted by Crippen LogP contribution is 2.21. The molecule has 0 spiro atoms. The summed E-state index contributed by atoms with van der Waals surface area (Å²) in [5.74, 6) is 1.84. The Bertz CT molecular complexity index is 382. The van der Waals surface area contributed by atoms with Gasteiger partial charge in [-0.2, -0.15) is 5.10 Å². The monoisotopic (exact) mass is 277 g/mol. The van der Waals surface area contributed by atoms with Crippen molar-refractivity contribution in [3.63, 3.8) is 0 Å². The standard InChI is InChI=1S/C15H27N5/c1-4-16-11-14-5-6-15(18-17-14)20-9-7-13(8-10-20)12-19(2)3/h5-6,13,16H,4,7-12H2,1-3H3. The van der Waals surface area contributed by atoms with Gasteiger partial charge >= 0.3 is 0 Å². The van der Waals surface area contributed by atoms with Gasteiger partial charge in [-0.05, 0) is 51.5 Å². The van der Waals surface area contributed by atoms with Crippen LogP contribution in [0.4, 0.5) is 5.82 Å². The minimum Gasteiger partial charge on any atom is -0.355 e. The largest absolute Gasteiger partial charge is 0.355 e. The Labute approximate surface area is 122 Å². The molecule has 1 fully saturated rings. The first-order valence-electron chi connectivity index (χ1n) is 7.62. The summed E-state index contributed by atoms with van der Waals surface area (Å²) in [6.07, 6.45) is 2.50. The summed E-state index contributed by atoms with van der Waals surface area (Å²) < 4.78 is 0. The van der Waals surface area contributed by atoms with Gasteiger partial charge in [0.2, 0.25) is 0 Å². The Morgan fingerprint density at radius 3 is 2.55 bits per heavy atom. The van der Waals surface area contributed by atoms with Crippen molar-refractivity contribution < 1.29 is 0 Å². The zero-order valence-electron chi connectivity index (χ0n) is 13.0. The molecule has 0 aromatic carbocycles. The minimum atomic E-state index is 0.800. The molecule has 2 heterocycles. The molecule has 112 valence electrons. The number of aromatic nitrogens is 2. The Hall–Kier alpha value is -1.20. The first-order chi connectivity index (χ1) is 9.69. The van der Waals surface area contributed by atoms with Crippen LogP contribution >= 0.6 is 0 Å². The highest BCUT2D eigenvalue weighted by Gasteiger charge is 2.20. The number of nitrogens with one attached hydrogen (secondary N) is 1. The van der Waals surface area contributed by atoms with Crippen molar-refractivity contribution in [3.8, 4) is 0 Å². The second-order valence-corrected chi connectivity index (χ2v) is 5.86. The van der Waals surface area contributed by atoms with Crippen LogP contribution in [0.25, 0.3) is 0 Å². The highest BCUT2D eigenvalue weighted by molar-refractivity contribution is 5.37. The van der Waals surface area contributed by atoms with Gasteiger partial charge in [-0.3, -0.25) is 0 Å². The van der Waals surface area contributed by atoms with E-state index in [1.807, 2.05) is 0 Å². The van der Waals surface area contributed by atoms with Crippen molar-refractivity contribution in [2.45, 2.75) is 26.3 Å². The summed E-state index contributed by atoms with van der Waals surface area (Å²) in [5, 5.41) is 11.9. The van der Waals surface area contributed by atoms with Crippen molar-refractivity contribution >= 4 is 5.82 Å². The maximum atomic E-state index is 4.37. The van der Waals surface area contributed by atoms with Crippen LogP contribution in [0.3, 0.4) is 0 Å². The van der Waals surface area contributed by atoms with Crippen LogP contribution in [0.1, 0.15) is 25.5 Å². The smallest absolute Gasteiger partial charge is 0.151 e. The molecule has 5 nitrogen and oxygen atoms in total. The number of rotatable bonds is 6. The third-order valence-corrected chi connectivity index (χ3v) is 3.82. The molecule has 0 atom stereocenters. The van der Waals surface area contributed by atoms with Crippen LogP contribution in [-0.4, -0.2) is 55.4 Å². The quantitative estimate of drug-likeness (QED) is 0.850. The van der Waals surface area contributed by atoms with E-state index in [0.29, 0.717) is 0 Å². The number of hydrogen-bond acceptors (Lipinski definition) is 5. The second kappa shape index (κ2) is 7.55. The molecule has 1 aromatic heterocycles. The van der Waals surface area contributed by atoms with Crippen molar-refractivity contribution in [2.24, 2.45) is 5.92 Å². The average molecular weight is 277 g/mol. The molecule has 2 rings (SSSR count). The lowest BCUT2D eigenvalue weighted by atomic mass is 9.96. The predicted octanol–water partition coefficient (Wildman–Crippen LogP) is 1.36. The summed E-state index contributed by atoms with van der Waals surface area (Å²) >= 11 is 0. The molecule has 0 aliphatic carbocycles. The third-order valence-electron chi connectivity index (χ3n) is 3.82. The summed E-state index contributed by atoms with van der Waals surface area (Å²) in [4.78, 5) is 4.64. The van der Waals surface area contributed by atoms with Crippen LogP contribution in [0.2, 0.25) is 0 Å². The average Bonchev–Trinajstić information content (AvgIpc) is 2.46. The number of piperidine rings is 1. The van der Waals surface area contributed by atoms with E-state index in [0.717, 1.165) is 43.6 Å². The lowest BCUT2D eigenvalue weighted by molar-refractivity contribution is 0.284. The lowest BCUT2D eigenvalue weighted by Crippen LogP contribution is -2.37. The summed E-state index contributed by atoms with van der Waals surface area (Å²) in [5.41, 5.74) is 1.01. The fourth-order valence-corrected chi connectivity index (χ4v) is 2.73. The van der Waals surface area contributed by atoms with E-state index in [4.69, 9.17) is 0 Å². The molecular formula is C15H27N5. The van der Waals surface area contributed by atoms with E-state index >= 15 is 0 Å². The van der Waals surface area contributed by atoms with Crippen LogP contribution in [-0.2, 0) is 6.54 Å². The molecule has 0 radical (unpaired) electrons. The molecule has 0 saturated carbocycles. The van der Waals surface area contributed by atoms with Gasteiger partial charge in [-0.25, -0.2) is 0 Å². The van der Waals surface area contributed by atoms with Crippen LogP contribution in [0.5, 0.6) is 0 Å². The Balaban J connectivity index is 1.84. The maximum Gasteiger partial charge on any atom is 0.151 e. The van der Waals surface area contributed by atoms with E-state index in [2.05, 4.69) is 58.5 Å². The van der Waals surface area contributed by atoms with E-state index in [1.165, 1.54) is 19.4 Å². The predicted molar refractivity (Wildman–Crippen MR) is 82.9 cm³/mol. The van der Waals surface area contributed by atoms with Gasteiger partial charge in [-0.15, -0.1) is 5.10 Å². The van der Waals surface area contributed by atoms with E-state index in [-0.39, 0.29) is 0 Å². The lowest BCUT2D eigenvalue weighted by Gasteiger charge is -2.33. The first kappa shape index (κ1) is 15.2. The van der Waals surface area contributed by atoms with Gasteiger partial charge in [0.1, 0.15) is 0 Å². The van der Waals surface area contributed by atoms with Gasteiger partial charge < -0.3 is 15.1 Å². The third kappa shape index (κ3) is 4.42. The Morgan fingerprint density at radius 2 is 2.00 bits per heavy atom. The minimum absolute atomic E-state index is 0.800. The van der Waals surface area contributed by atoms with E-state index in [1.54, 1.807) is 0 Å². The maximum absolute atomic E-state index is 4.37. The molecule has 1 N–H and O–H groups in total. The van der Waals surface area contributed by atoms with Crippen molar-refractivity contribution in [1.82, 2.24) is 20.4 Å². The van der Waals surface area contributed by atoms with Crippen molar-refractivity contribution in [3.05, 3.63) is 17.8 Å². The summed E-state index contributed by atoms with van der Waals surface area (Å²) in [6, 6.07) is 4.18. The topological polar surface area (TPSA) is 44.3 Å². The molecule has 1 aliphatic heterocycles. The molecule has 0 amide bonds. The first-order valence-corrected chi connectivity index (χ1v) is 7.62. The normalized spacial score (nSPS) is 16.9. The number of hydrogen-bond donors (Lipinski definition) is 1. The summed E-state index contributed by atoms with van der Waals surface area (Å²) in [7, 11) is 4.31. The van der Waals surface area contributed by atoms with Crippen LogP contribution < -0.4 is 10.2 Å². The van der Waals surface area contributed by atoms with Crippen LogP contribution in [0, 0.1) is 5.92 Å². The van der Waals surface area contributed by atoms with Crippen molar-refractivity contribution in [2.75, 3.05) is 45.2 Å². The Kier molecular flexibility index (Phi) is 5.73. The van der Waals surface area contributed by atoms with Crippen LogP contribution in [0.15, 0.2) is 12.1 Å². The van der Waals surface area contributed by atoms with Gasteiger partial charge in [0.15, 0.2) is 5.82 Å². The fraction of sp³-hybridized carbons (Fsp3) is 0.733. The second-order valence-electron chi connectivity index (χ2n) is 5.86. The zero-order chi connectivity index (χ0) is 14.4. The SMILES string of the molecule is CCNCc1ccc(N2CCC(CN(C)C)CC2)nn1. The molecule has 1 aliphatic rings. The molecule has 0 unspecified atom stereocenters. The molecular weight excluding hydrogens is 250 g/mol. The molecule has 20 heavy (non-hydrogen) atoms. The fourth-order valence-electron chi connectivity index (χ4n) is 2.73. The Morgan fingerprint density at radius 1 is 1.25 bits per heavy atom. The zero-order valence-corrected chi connectivity index (χ0v) is 13.0.